The van der Waals surface area contributed by atoms with Gasteiger partial charge in [-0.2, -0.15) is 0 Å². The van der Waals surface area contributed by atoms with Crippen molar-refractivity contribution in [3.8, 4) is 0 Å². The van der Waals surface area contributed by atoms with Gasteiger partial charge in [-0.25, -0.2) is 9.78 Å². The van der Waals surface area contributed by atoms with Crippen LogP contribution < -0.4 is 5.32 Å². The third-order valence-electron chi connectivity index (χ3n) is 2.64. The van der Waals surface area contributed by atoms with Gasteiger partial charge in [0, 0.05) is 24.2 Å². The summed E-state index contributed by atoms with van der Waals surface area (Å²) < 4.78 is 0. The van der Waals surface area contributed by atoms with Crippen molar-refractivity contribution in [3.63, 3.8) is 0 Å². The van der Waals surface area contributed by atoms with Crippen molar-refractivity contribution in [2.24, 2.45) is 0 Å². The Bertz CT molecular complexity index is 420. The molecular formula is C13H21N3O2S. The molecule has 1 aromatic heterocycles. The lowest BCUT2D eigenvalue weighted by Crippen LogP contribution is -2.42. The second kappa shape index (κ2) is 7.91. The topological polar surface area (TPSA) is 65.5 Å². The van der Waals surface area contributed by atoms with Crippen LogP contribution >= 0.6 is 11.3 Å². The van der Waals surface area contributed by atoms with Crippen LogP contribution in [0.15, 0.2) is 18.9 Å². The Labute approximate surface area is 118 Å². The van der Waals surface area contributed by atoms with Crippen molar-refractivity contribution in [2.45, 2.75) is 26.3 Å². The number of aryl methyl sites for hydroxylation is 1. The van der Waals surface area contributed by atoms with Crippen molar-refractivity contribution in [1.29, 1.82) is 0 Å². The Hall–Kier alpha value is -1.40. The van der Waals surface area contributed by atoms with Gasteiger partial charge in [-0.1, -0.05) is 13.0 Å². The molecule has 2 amide bonds. The monoisotopic (exact) mass is 283 g/mol. The number of aromatic nitrogens is 1. The second-order valence-corrected chi connectivity index (χ2v) is 5.29. The fourth-order valence-corrected chi connectivity index (χ4v) is 2.44. The summed E-state index contributed by atoms with van der Waals surface area (Å²) in [4.78, 5) is 19.0. The van der Waals surface area contributed by atoms with E-state index in [0.717, 1.165) is 11.4 Å². The van der Waals surface area contributed by atoms with Crippen LogP contribution in [0.1, 0.15) is 29.8 Å². The van der Waals surface area contributed by atoms with E-state index >= 15 is 0 Å². The van der Waals surface area contributed by atoms with E-state index < -0.39 is 0 Å². The van der Waals surface area contributed by atoms with Gasteiger partial charge in [0.05, 0.1) is 12.6 Å². The van der Waals surface area contributed by atoms with E-state index in [4.69, 9.17) is 5.11 Å². The number of amides is 2. The van der Waals surface area contributed by atoms with Crippen molar-refractivity contribution in [2.75, 3.05) is 19.7 Å². The number of hydrogen-bond donors (Lipinski definition) is 2. The number of aliphatic hydroxyl groups excluding tert-OH is 1. The van der Waals surface area contributed by atoms with E-state index in [1.54, 1.807) is 17.4 Å². The first kappa shape index (κ1) is 15.7. The average molecular weight is 283 g/mol. The minimum absolute atomic E-state index is 0.0626. The number of nitrogens with zero attached hydrogens (tertiary/aromatic N) is 2. The second-order valence-electron chi connectivity index (χ2n) is 4.15. The van der Waals surface area contributed by atoms with Gasteiger partial charge < -0.3 is 15.3 Å². The van der Waals surface area contributed by atoms with Gasteiger partial charge in [0.25, 0.3) is 0 Å². The quantitative estimate of drug-likeness (QED) is 0.752. The van der Waals surface area contributed by atoms with Crippen LogP contribution in [0, 0.1) is 0 Å². The molecule has 0 aliphatic heterocycles. The molecule has 0 saturated heterocycles. The zero-order chi connectivity index (χ0) is 14.3. The number of rotatable bonds is 7. The molecular weight excluding hydrogens is 262 g/mol. The summed E-state index contributed by atoms with van der Waals surface area (Å²) in [5.41, 5.74) is 0. The lowest BCUT2D eigenvalue weighted by atomic mass is 10.3. The summed E-state index contributed by atoms with van der Waals surface area (Å²) in [6.07, 6.45) is 4.43. The molecule has 1 atom stereocenters. The molecule has 0 radical (unpaired) electrons. The highest BCUT2D eigenvalue weighted by atomic mass is 32.1. The summed E-state index contributed by atoms with van der Waals surface area (Å²) in [6.45, 7) is 8.23. The van der Waals surface area contributed by atoms with Crippen LogP contribution in [-0.2, 0) is 6.42 Å². The molecule has 0 aromatic carbocycles. The summed E-state index contributed by atoms with van der Waals surface area (Å²) in [6, 6.07) is -0.349. The van der Waals surface area contributed by atoms with Crippen molar-refractivity contribution < 1.29 is 9.90 Å². The number of nitrogens with one attached hydrogen (secondary N) is 1. The number of aliphatic hydroxyl groups is 1. The van der Waals surface area contributed by atoms with E-state index in [0.29, 0.717) is 13.1 Å². The smallest absolute Gasteiger partial charge is 0.318 e. The van der Waals surface area contributed by atoms with Gasteiger partial charge in [-0.05, 0) is 13.3 Å². The van der Waals surface area contributed by atoms with Gasteiger partial charge in [0.2, 0.25) is 0 Å². The molecule has 6 heteroatoms. The minimum atomic E-state index is -0.213. The molecule has 1 aromatic rings. The minimum Gasteiger partial charge on any atom is -0.395 e. The fraction of sp³-hybridized carbons (Fsp3) is 0.538. The molecule has 5 nitrogen and oxygen atoms in total. The molecule has 0 spiro atoms. The van der Waals surface area contributed by atoms with Gasteiger partial charge in [0.15, 0.2) is 0 Å². The lowest BCUT2D eigenvalue weighted by Gasteiger charge is -2.22. The fourth-order valence-electron chi connectivity index (χ4n) is 1.58. The molecule has 0 bridgehead atoms. The van der Waals surface area contributed by atoms with E-state index in [2.05, 4.69) is 23.8 Å². The Morgan fingerprint density at radius 1 is 1.74 bits per heavy atom. The number of thiazole rings is 1. The molecule has 1 rings (SSSR count). The summed E-state index contributed by atoms with van der Waals surface area (Å²) in [5.74, 6) is 0. The lowest BCUT2D eigenvalue weighted by molar-refractivity contribution is 0.181. The van der Waals surface area contributed by atoms with Gasteiger partial charge in [-0.15, -0.1) is 17.9 Å². The maximum absolute atomic E-state index is 12.0. The van der Waals surface area contributed by atoms with Gasteiger partial charge in [0.1, 0.15) is 5.01 Å². The first-order valence-corrected chi connectivity index (χ1v) is 7.15. The predicted molar refractivity (Wildman–Crippen MR) is 77.3 cm³/mol. The zero-order valence-electron chi connectivity index (χ0n) is 11.4. The average Bonchev–Trinajstić information content (AvgIpc) is 2.87. The molecule has 0 aliphatic carbocycles. The third kappa shape index (κ3) is 4.65. The summed E-state index contributed by atoms with van der Waals surface area (Å²) >= 11 is 1.61. The van der Waals surface area contributed by atoms with Crippen LogP contribution in [0.25, 0.3) is 0 Å². The van der Waals surface area contributed by atoms with Gasteiger partial charge in [-0.3, -0.25) is 0 Å². The van der Waals surface area contributed by atoms with Crippen molar-refractivity contribution in [3.05, 3.63) is 28.7 Å². The molecule has 19 heavy (non-hydrogen) atoms. The van der Waals surface area contributed by atoms with Gasteiger partial charge >= 0.3 is 6.03 Å². The molecule has 0 fully saturated rings. The maximum atomic E-state index is 12.0. The molecule has 1 unspecified atom stereocenters. The third-order valence-corrected chi connectivity index (χ3v) is 3.96. The Kier molecular flexibility index (Phi) is 6.52. The first-order chi connectivity index (χ1) is 9.12. The molecule has 106 valence electrons. The highest BCUT2D eigenvalue weighted by Gasteiger charge is 2.17. The first-order valence-electron chi connectivity index (χ1n) is 6.34. The Morgan fingerprint density at radius 2 is 2.47 bits per heavy atom. The zero-order valence-corrected chi connectivity index (χ0v) is 12.2. The SMILES string of the molecule is C=CCN(CCO)C(=O)NC(C)c1ncc(CC)s1. The number of hydrogen-bond acceptors (Lipinski definition) is 4. The van der Waals surface area contributed by atoms with E-state index in [1.807, 2.05) is 13.1 Å². The van der Waals surface area contributed by atoms with E-state index in [1.165, 1.54) is 9.78 Å². The van der Waals surface area contributed by atoms with Crippen molar-refractivity contribution in [1.82, 2.24) is 15.2 Å². The number of carbonyl (C=O) groups is 1. The van der Waals surface area contributed by atoms with E-state index in [9.17, 15) is 4.79 Å². The van der Waals surface area contributed by atoms with Crippen molar-refractivity contribution >= 4 is 17.4 Å². The predicted octanol–water partition coefficient (Wildman–Crippen LogP) is 1.96. The normalized spacial score (nSPS) is 11.9. The largest absolute Gasteiger partial charge is 0.395 e. The van der Waals surface area contributed by atoms with Crippen LogP contribution in [0.3, 0.4) is 0 Å². The highest BCUT2D eigenvalue weighted by Crippen LogP contribution is 2.20. The van der Waals surface area contributed by atoms with E-state index in [-0.39, 0.29) is 18.7 Å². The molecule has 2 N–H and O–H groups in total. The summed E-state index contributed by atoms with van der Waals surface area (Å²) in [7, 11) is 0. The Balaban J connectivity index is 2.60. The highest BCUT2D eigenvalue weighted by molar-refractivity contribution is 7.11. The Morgan fingerprint density at radius 3 is 3.00 bits per heavy atom. The van der Waals surface area contributed by atoms with Crippen LogP contribution in [0.2, 0.25) is 0 Å². The molecule has 1 heterocycles. The molecule has 0 saturated carbocycles. The molecule has 0 aliphatic rings. The van der Waals surface area contributed by atoms with Crippen LogP contribution in [0.5, 0.6) is 0 Å². The number of carbonyl (C=O) groups excluding carboxylic acids is 1. The standard InChI is InChI=1S/C13H21N3O2S/c1-4-6-16(7-8-17)13(18)15-10(3)12-14-9-11(5-2)19-12/h4,9-10,17H,1,5-8H2,2-3H3,(H,15,18). The summed E-state index contributed by atoms with van der Waals surface area (Å²) in [5, 5.41) is 12.7. The van der Waals surface area contributed by atoms with Crippen LogP contribution in [-0.4, -0.2) is 40.7 Å². The number of urea groups is 1. The van der Waals surface area contributed by atoms with Crippen LogP contribution in [0.4, 0.5) is 4.79 Å². The maximum Gasteiger partial charge on any atom is 0.318 e.